The van der Waals surface area contributed by atoms with Gasteiger partial charge in [-0.2, -0.15) is 0 Å². The van der Waals surface area contributed by atoms with Crippen molar-refractivity contribution in [3.05, 3.63) is 82.5 Å². The summed E-state index contributed by atoms with van der Waals surface area (Å²) >= 11 is 0. The van der Waals surface area contributed by atoms with Crippen LogP contribution in [0.3, 0.4) is 0 Å². The first-order chi connectivity index (χ1) is 12.1. The zero-order valence-electron chi connectivity index (χ0n) is 13.0. The molecule has 3 aromatic heterocycles. The first-order valence-corrected chi connectivity index (χ1v) is 7.62. The van der Waals surface area contributed by atoms with E-state index in [1.165, 1.54) is 18.2 Å². The molecule has 6 nitrogen and oxygen atoms in total. The molecule has 0 radical (unpaired) electrons. The maximum atomic E-state index is 12.9. The standard InChI is InChI=1S/C19H13N3O3/c23-13-3-1-2-11(8-13)18(25)15-10-22-19-17(15)14(6-7-20-19)12-4-5-16(24)21-9-12/h1-10,23H,(H,20,22)(H,21,24). The van der Waals surface area contributed by atoms with Crippen molar-refractivity contribution in [3.8, 4) is 16.9 Å². The molecule has 6 heteroatoms. The molecule has 0 fully saturated rings. The zero-order valence-corrected chi connectivity index (χ0v) is 13.0. The van der Waals surface area contributed by atoms with Gasteiger partial charge in [0.25, 0.3) is 0 Å². The summed E-state index contributed by atoms with van der Waals surface area (Å²) in [6.45, 7) is 0. The van der Waals surface area contributed by atoms with Crippen molar-refractivity contribution in [2.24, 2.45) is 0 Å². The molecule has 0 saturated heterocycles. The summed E-state index contributed by atoms with van der Waals surface area (Å²) in [6.07, 6.45) is 4.85. The first-order valence-electron chi connectivity index (χ1n) is 7.62. The first kappa shape index (κ1) is 14.9. The number of H-pyrrole nitrogens is 2. The molecule has 3 heterocycles. The number of ketones is 1. The summed E-state index contributed by atoms with van der Waals surface area (Å²) in [5.74, 6) is -0.189. The fourth-order valence-corrected chi connectivity index (χ4v) is 2.86. The Labute approximate surface area is 141 Å². The number of aromatic nitrogens is 3. The molecule has 0 aliphatic carbocycles. The largest absolute Gasteiger partial charge is 0.508 e. The van der Waals surface area contributed by atoms with Crippen LogP contribution in [0.4, 0.5) is 0 Å². The topological polar surface area (TPSA) is 98.8 Å². The molecule has 3 N–H and O–H groups in total. The van der Waals surface area contributed by atoms with Gasteiger partial charge in [0.15, 0.2) is 5.78 Å². The number of aromatic amines is 2. The molecular weight excluding hydrogens is 318 g/mol. The summed E-state index contributed by atoms with van der Waals surface area (Å²) in [6, 6.07) is 11.1. The Morgan fingerprint density at radius 3 is 2.68 bits per heavy atom. The lowest BCUT2D eigenvalue weighted by atomic mass is 9.98. The van der Waals surface area contributed by atoms with Gasteiger partial charge < -0.3 is 15.1 Å². The highest BCUT2D eigenvalue weighted by atomic mass is 16.3. The lowest BCUT2D eigenvalue weighted by Gasteiger charge is -2.06. The molecule has 0 spiro atoms. The van der Waals surface area contributed by atoms with E-state index in [0.29, 0.717) is 22.2 Å². The van der Waals surface area contributed by atoms with Gasteiger partial charge in [-0.05, 0) is 35.4 Å². The van der Waals surface area contributed by atoms with Crippen LogP contribution in [0.15, 0.2) is 65.8 Å². The second kappa shape index (κ2) is 5.76. The van der Waals surface area contributed by atoms with E-state index in [-0.39, 0.29) is 17.1 Å². The molecule has 4 aromatic rings. The van der Waals surface area contributed by atoms with Crippen LogP contribution >= 0.6 is 0 Å². The van der Waals surface area contributed by atoms with Gasteiger partial charge in [0.05, 0.1) is 5.56 Å². The van der Waals surface area contributed by atoms with Crippen LogP contribution in [0, 0.1) is 0 Å². The van der Waals surface area contributed by atoms with Gasteiger partial charge in [-0.1, -0.05) is 12.1 Å². The fourth-order valence-electron chi connectivity index (χ4n) is 2.86. The third kappa shape index (κ3) is 2.59. The number of pyridine rings is 2. The molecule has 0 aliphatic rings. The monoisotopic (exact) mass is 331 g/mol. The number of nitrogens with one attached hydrogen (secondary N) is 2. The number of fused-ring (bicyclic) bond motifs is 1. The van der Waals surface area contributed by atoms with Crippen LogP contribution in [0.5, 0.6) is 5.75 Å². The Morgan fingerprint density at radius 2 is 1.92 bits per heavy atom. The van der Waals surface area contributed by atoms with Crippen molar-refractivity contribution in [1.82, 2.24) is 15.0 Å². The second-order valence-electron chi connectivity index (χ2n) is 5.61. The maximum absolute atomic E-state index is 12.9. The quantitative estimate of drug-likeness (QED) is 0.503. The fraction of sp³-hybridized carbons (Fsp3) is 0. The number of phenolic OH excluding ortho intramolecular Hbond substituents is 1. The summed E-state index contributed by atoms with van der Waals surface area (Å²) in [4.78, 5) is 34.1. The van der Waals surface area contributed by atoms with Gasteiger partial charge in [-0.25, -0.2) is 4.98 Å². The molecule has 0 bridgehead atoms. The third-order valence-electron chi connectivity index (χ3n) is 4.02. The van der Waals surface area contributed by atoms with Crippen LogP contribution in [-0.2, 0) is 0 Å². The zero-order chi connectivity index (χ0) is 17.4. The number of carbonyl (C=O) groups is 1. The molecule has 0 aliphatic heterocycles. The highest BCUT2D eigenvalue weighted by Crippen LogP contribution is 2.30. The van der Waals surface area contributed by atoms with Crippen molar-refractivity contribution in [2.75, 3.05) is 0 Å². The molecule has 1 aromatic carbocycles. The van der Waals surface area contributed by atoms with Crippen LogP contribution in [0.1, 0.15) is 15.9 Å². The molecule has 0 unspecified atom stereocenters. The lowest BCUT2D eigenvalue weighted by Crippen LogP contribution is -2.03. The van der Waals surface area contributed by atoms with Crippen LogP contribution < -0.4 is 5.56 Å². The molecule has 25 heavy (non-hydrogen) atoms. The number of benzene rings is 1. The van der Waals surface area contributed by atoms with Crippen LogP contribution in [0.25, 0.3) is 22.2 Å². The van der Waals surface area contributed by atoms with E-state index in [1.54, 1.807) is 42.9 Å². The summed E-state index contributed by atoms with van der Waals surface area (Å²) in [7, 11) is 0. The highest BCUT2D eigenvalue weighted by Gasteiger charge is 2.18. The smallest absolute Gasteiger partial charge is 0.247 e. The normalized spacial score (nSPS) is 10.9. The van der Waals surface area contributed by atoms with Crippen molar-refractivity contribution in [2.45, 2.75) is 0 Å². The number of hydrogen-bond acceptors (Lipinski definition) is 4. The van der Waals surface area contributed by atoms with Gasteiger partial charge in [-0.3, -0.25) is 9.59 Å². The number of aromatic hydroxyl groups is 1. The van der Waals surface area contributed by atoms with E-state index >= 15 is 0 Å². The predicted octanol–water partition coefficient (Wildman–Crippen LogP) is 2.85. The molecule has 0 amide bonds. The summed E-state index contributed by atoms with van der Waals surface area (Å²) in [5, 5.41) is 10.3. The Morgan fingerprint density at radius 1 is 1.04 bits per heavy atom. The lowest BCUT2D eigenvalue weighted by molar-refractivity contribution is 0.104. The van der Waals surface area contributed by atoms with Gasteiger partial charge in [0, 0.05) is 35.6 Å². The van der Waals surface area contributed by atoms with Gasteiger partial charge >= 0.3 is 0 Å². The number of carbonyl (C=O) groups excluding carboxylic acids is 1. The van der Waals surface area contributed by atoms with Crippen molar-refractivity contribution in [3.63, 3.8) is 0 Å². The van der Waals surface area contributed by atoms with E-state index in [9.17, 15) is 14.7 Å². The number of phenols is 1. The SMILES string of the molecule is O=C(c1cccc(O)c1)c1c[nH]c2nccc(-c3ccc(=O)[nH]c3)c12. The van der Waals surface area contributed by atoms with E-state index in [4.69, 9.17) is 0 Å². The van der Waals surface area contributed by atoms with E-state index in [1.807, 2.05) is 0 Å². The van der Waals surface area contributed by atoms with E-state index in [2.05, 4.69) is 15.0 Å². The van der Waals surface area contributed by atoms with Crippen molar-refractivity contribution >= 4 is 16.8 Å². The Kier molecular flexibility index (Phi) is 3.43. The minimum absolute atomic E-state index is 0.0321. The van der Waals surface area contributed by atoms with Crippen LogP contribution in [0.2, 0.25) is 0 Å². The number of hydrogen-bond donors (Lipinski definition) is 3. The maximum Gasteiger partial charge on any atom is 0.247 e. The van der Waals surface area contributed by atoms with Gasteiger partial charge in [0.2, 0.25) is 5.56 Å². The average Bonchev–Trinajstić information content (AvgIpc) is 3.06. The van der Waals surface area contributed by atoms with E-state index < -0.39 is 0 Å². The molecule has 122 valence electrons. The van der Waals surface area contributed by atoms with Gasteiger partial charge in [-0.15, -0.1) is 0 Å². The molecule has 0 saturated carbocycles. The Hall–Kier alpha value is -3.67. The third-order valence-corrected chi connectivity index (χ3v) is 4.02. The van der Waals surface area contributed by atoms with Crippen molar-refractivity contribution < 1.29 is 9.90 Å². The average molecular weight is 331 g/mol. The summed E-state index contributed by atoms with van der Waals surface area (Å²) in [5.41, 5.74) is 2.78. The minimum atomic E-state index is -0.221. The van der Waals surface area contributed by atoms with E-state index in [0.717, 1.165) is 11.1 Å². The Bertz CT molecular complexity index is 1140. The van der Waals surface area contributed by atoms with Crippen molar-refractivity contribution in [1.29, 1.82) is 0 Å². The van der Waals surface area contributed by atoms with Gasteiger partial charge in [0.1, 0.15) is 11.4 Å². The highest BCUT2D eigenvalue weighted by molar-refractivity contribution is 6.18. The number of nitrogens with zero attached hydrogens (tertiary/aromatic N) is 1. The molecule has 4 rings (SSSR count). The number of rotatable bonds is 3. The molecular formula is C19H13N3O3. The Balaban J connectivity index is 1.92. The minimum Gasteiger partial charge on any atom is -0.508 e. The van der Waals surface area contributed by atoms with Crippen LogP contribution in [-0.4, -0.2) is 25.8 Å². The summed E-state index contributed by atoms with van der Waals surface area (Å²) < 4.78 is 0. The molecule has 0 atom stereocenters. The predicted molar refractivity (Wildman–Crippen MR) is 93.7 cm³/mol. The second-order valence-corrected chi connectivity index (χ2v) is 5.61.